The van der Waals surface area contributed by atoms with E-state index in [4.69, 9.17) is 9.84 Å². The molecule has 0 aliphatic carbocycles. The summed E-state index contributed by atoms with van der Waals surface area (Å²) in [5.41, 5.74) is 5.16. The highest BCUT2D eigenvalue weighted by Crippen LogP contribution is 2.26. The van der Waals surface area contributed by atoms with Gasteiger partial charge in [-0.3, -0.25) is 0 Å². The molecule has 0 bridgehead atoms. The van der Waals surface area contributed by atoms with Gasteiger partial charge in [-0.15, -0.1) is 0 Å². The zero-order chi connectivity index (χ0) is 22.6. The van der Waals surface area contributed by atoms with E-state index >= 15 is 0 Å². The molecule has 0 radical (unpaired) electrons. The number of methoxy groups -OCH3 is 1. The number of rotatable bonds is 8. The van der Waals surface area contributed by atoms with Crippen LogP contribution in [-0.2, 0) is 13.0 Å². The van der Waals surface area contributed by atoms with E-state index in [0.717, 1.165) is 52.4 Å². The van der Waals surface area contributed by atoms with Crippen LogP contribution in [0.4, 0.5) is 4.39 Å². The molecular formula is C26H24FN5O. The third-order valence-corrected chi connectivity index (χ3v) is 5.55. The molecule has 0 atom stereocenters. The monoisotopic (exact) mass is 441 g/mol. The van der Waals surface area contributed by atoms with Gasteiger partial charge in [-0.05, 0) is 48.5 Å². The molecule has 0 spiro atoms. The summed E-state index contributed by atoms with van der Waals surface area (Å²) in [5, 5.41) is 8.18. The molecule has 0 saturated heterocycles. The number of nitrogens with zero attached hydrogens (tertiary/aromatic N) is 3. The molecule has 0 amide bonds. The van der Waals surface area contributed by atoms with Gasteiger partial charge in [0.2, 0.25) is 0 Å². The van der Waals surface area contributed by atoms with E-state index in [1.165, 1.54) is 6.07 Å². The number of fused-ring (bicyclic) bond motifs is 1. The van der Waals surface area contributed by atoms with Crippen LogP contribution in [0.5, 0.6) is 5.75 Å². The summed E-state index contributed by atoms with van der Waals surface area (Å²) in [4.78, 5) is 7.98. The van der Waals surface area contributed by atoms with Crippen LogP contribution in [0.25, 0.3) is 28.0 Å². The smallest absolute Gasteiger partial charge is 0.148 e. The minimum Gasteiger partial charge on any atom is -0.497 e. The van der Waals surface area contributed by atoms with Crippen LogP contribution in [0.2, 0.25) is 0 Å². The molecule has 0 aliphatic rings. The van der Waals surface area contributed by atoms with Crippen molar-refractivity contribution in [2.24, 2.45) is 0 Å². The number of hydrogen-bond donors (Lipinski definition) is 2. The zero-order valence-electron chi connectivity index (χ0n) is 18.3. The van der Waals surface area contributed by atoms with Gasteiger partial charge in [0.25, 0.3) is 0 Å². The molecule has 0 aliphatic heterocycles. The maximum absolute atomic E-state index is 14.4. The van der Waals surface area contributed by atoms with Gasteiger partial charge in [0.1, 0.15) is 23.1 Å². The Hall–Kier alpha value is -3.97. The lowest BCUT2D eigenvalue weighted by molar-refractivity contribution is 0.415. The fourth-order valence-corrected chi connectivity index (χ4v) is 3.85. The molecule has 2 N–H and O–H groups in total. The number of halogens is 1. The highest BCUT2D eigenvalue weighted by Gasteiger charge is 2.14. The Bertz CT molecular complexity index is 1340. The van der Waals surface area contributed by atoms with Crippen LogP contribution in [0.3, 0.4) is 0 Å². The van der Waals surface area contributed by atoms with Crippen molar-refractivity contribution >= 4 is 11.0 Å². The van der Waals surface area contributed by atoms with Gasteiger partial charge in [0.05, 0.1) is 23.8 Å². The first-order valence-electron chi connectivity index (χ1n) is 10.8. The lowest BCUT2D eigenvalue weighted by atomic mass is 10.1. The first-order chi connectivity index (χ1) is 16.2. The molecule has 2 heterocycles. The molecule has 2 aromatic heterocycles. The van der Waals surface area contributed by atoms with Gasteiger partial charge >= 0.3 is 0 Å². The second kappa shape index (κ2) is 9.26. The van der Waals surface area contributed by atoms with Crippen LogP contribution in [-0.4, -0.2) is 33.4 Å². The quantitative estimate of drug-likeness (QED) is 0.336. The molecule has 7 heteroatoms. The van der Waals surface area contributed by atoms with E-state index in [2.05, 4.69) is 15.3 Å². The summed E-state index contributed by atoms with van der Waals surface area (Å²) < 4.78 is 21.3. The third kappa shape index (κ3) is 4.49. The minimum absolute atomic E-state index is 0.314. The molecule has 5 aromatic rings. The number of imidazole rings is 1. The first-order valence-corrected chi connectivity index (χ1v) is 10.8. The summed E-state index contributed by atoms with van der Waals surface area (Å²) in [5.74, 6) is 1.41. The number of ether oxygens (including phenoxy) is 1. The van der Waals surface area contributed by atoms with E-state index < -0.39 is 0 Å². The van der Waals surface area contributed by atoms with Gasteiger partial charge < -0.3 is 15.0 Å². The van der Waals surface area contributed by atoms with Crippen molar-refractivity contribution in [1.29, 1.82) is 0 Å². The molecule has 166 valence electrons. The Morgan fingerprint density at radius 3 is 2.58 bits per heavy atom. The van der Waals surface area contributed by atoms with Crippen molar-refractivity contribution < 1.29 is 9.13 Å². The highest BCUT2D eigenvalue weighted by molar-refractivity contribution is 5.74. The number of para-hydroxylation sites is 3. The SMILES string of the molecule is COc1ccc(-c2nn(-c3ccccc3F)cc2CNCCc2nc3ccccc3[nH]2)cc1. The van der Waals surface area contributed by atoms with Crippen molar-refractivity contribution in [3.05, 3.63) is 96.2 Å². The maximum Gasteiger partial charge on any atom is 0.148 e. The Morgan fingerprint density at radius 2 is 1.79 bits per heavy atom. The largest absolute Gasteiger partial charge is 0.497 e. The Morgan fingerprint density at radius 1 is 1.00 bits per heavy atom. The molecule has 0 unspecified atom stereocenters. The number of aromatic nitrogens is 4. The predicted molar refractivity (Wildman–Crippen MR) is 127 cm³/mol. The standard InChI is InChI=1S/C26H24FN5O/c1-33-20-12-10-18(11-13-20)26-19(17-32(31-26)24-9-5-2-6-21(24)27)16-28-15-14-25-29-22-7-3-4-8-23(22)30-25/h2-13,17,28H,14-16H2,1H3,(H,29,30). The van der Waals surface area contributed by atoms with Gasteiger partial charge in [-0.1, -0.05) is 24.3 Å². The summed E-state index contributed by atoms with van der Waals surface area (Å²) in [7, 11) is 1.64. The minimum atomic E-state index is -0.314. The second-order valence-electron chi connectivity index (χ2n) is 7.75. The average molecular weight is 442 g/mol. The normalized spacial score (nSPS) is 11.2. The molecule has 3 aromatic carbocycles. The summed E-state index contributed by atoms with van der Waals surface area (Å²) in [6.45, 7) is 1.34. The molecule has 0 fully saturated rings. The van der Waals surface area contributed by atoms with E-state index in [1.54, 1.807) is 30.0 Å². The fraction of sp³-hybridized carbons (Fsp3) is 0.154. The van der Waals surface area contributed by atoms with Crippen molar-refractivity contribution in [2.45, 2.75) is 13.0 Å². The predicted octanol–water partition coefficient (Wildman–Crippen LogP) is 4.90. The first kappa shape index (κ1) is 20.9. The van der Waals surface area contributed by atoms with E-state index in [9.17, 15) is 4.39 Å². The van der Waals surface area contributed by atoms with Crippen molar-refractivity contribution in [3.8, 4) is 22.7 Å². The number of hydrogen-bond acceptors (Lipinski definition) is 4. The molecule has 0 saturated carbocycles. The average Bonchev–Trinajstić information content (AvgIpc) is 3.46. The summed E-state index contributed by atoms with van der Waals surface area (Å²) >= 11 is 0. The third-order valence-electron chi connectivity index (χ3n) is 5.55. The highest BCUT2D eigenvalue weighted by atomic mass is 19.1. The Labute approximate surface area is 191 Å². The van der Waals surface area contributed by atoms with Gasteiger partial charge in [0, 0.05) is 36.8 Å². The number of benzene rings is 3. The zero-order valence-corrected chi connectivity index (χ0v) is 18.3. The van der Waals surface area contributed by atoms with Gasteiger partial charge in [0.15, 0.2) is 0 Å². The van der Waals surface area contributed by atoms with E-state index in [1.807, 2.05) is 54.7 Å². The van der Waals surface area contributed by atoms with Crippen molar-refractivity contribution in [1.82, 2.24) is 25.1 Å². The molecule has 6 nitrogen and oxygen atoms in total. The molecule has 33 heavy (non-hydrogen) atoms. The maximum atomic E-state index is 14.4. The molecular weight excluding hydrogens is 417 g/mol. The number of nitrogens with one attached hydrogen (secondary N) is 2. The van der Waals surface area contributed by atoms with Crippen LogP contribution >= 0.6 is 0 Å². The fourth-order valence-electron chi connectivity index (χ4n) is 3.85. The number of aromatic amines is 1. The number of H-pyrrole nitrogens is 1. The van der Waals surface area contributed by atoms with E-state index in [-0.39, 0.29) is 5.82 Å². The second-order valence-corrected chi connectivity index (χ2v) is 7.75. The van der Waals surface area contributed by atoms with Gasteiger partial charge in [-0.2, -0.15) is 5.10 Å². The lowest BCUT2D eigenvalue weighted by Crippen LogP contribution is -2.17. The van der Waals surface area contributed by atoms with Crippen LogP contribution in [0, 0.1) is 5.82 Å². The van der Waals surface area contributed by atoms with Crippen molar-refractivity contribution in [3.63, 3.8) is 0 Å². The summed E-state index contributed by atoms with van der Waals surface area (Å²) in [6.07, 6.45) is 2.65. The van der Waals surface area contributed by atoms with Crippen molar-refractivity contribution in [2.75, 3.05) is 13.7 Å². The van der Waals surface area contributed by atoms with E-state index in [0.29, 0.717) is 12.2 Å². The Kier molecular flexibility index (Phi) is 5.87. The Balaban J connectivity index is 1.35. The van der Waals surface area contributed by atoms with Crippen LogP contribution < -0.4 is 10.1 Å². The lowest BCUT2D eigenvalue weighted by Gasteiger charge is -2.05. The summed E-state index contributed by atoms with van der Waals surface area (Å²) in [6, 6.07) is 22.4. The van der Waals surface area contributed by atoms with Crippen LogP contribution in [0.15, 0.2) is 79.0 Å². The van der Waals surface area contributed by atoms with Gasteiger partial charge in [-0.25, -0.2) is 14.1 Å². The van der Waals surface area contributed by atoms with Crippen LogP contribution in [0.1, 0.15) is 11.4 Å². The topological polar surface area (TPSA) is 67.8 Å². The molecule has 5 rings (SSSR count).